The number of carbonyl (C=O) groups is 2. The summed E-state index contributed by atoms with van der Waals surface area (Å²) in [4.78, 5) is 24.6. The molecule has 0 aliphatic heterocycles. The molecule has 0 saturated heterocycles. The summed E-state index contributed by atoms with van der Waals surface area (Å²) >= 11 is 0. The van der Waals surface area contributed by atoms with Crippen molar-refractivity contribution < 1.29 is 28.2 Å². The van der Waals surface area contributed by atoms with Crippen molar-refractivity contribution in [3.63, 3.8) is 0 Å². The van der Waals surface area contributed by atoms with Gasteiger partial charge in [0.1, 0.15) is 11.6 Å². The molecule has 0 unspecified atom stereocenters. The molecule has 0 aromatic heterocycles. The van der Waals surface area contributed by atoms with Gasteiger partial charge in [0.25, 0.3) is 0 Å². The smallest absolute Gasteiger partial charge is 0.343 e. The number of halogens is 1. The van der Waals surface area contributed by atoms with Gasteiger partial charge in [-0.05, 0) is 60.7 Å². The van der Waals surface area contributed by atoms with Gasteiger partial charge in [-0.25, -0.2) is 9.18 Å². The zero-order valence-electron chi connectivity index (χ0n) is 16.4. The molecule has 0 bridgehead atoms. The molecule has 6 heteroatoms. The second-order valence-corrected chi connectivity index (χ2v) is 6.20. The summed E-state index contributed by atoms with van der Waals surface area (Å²) in [6.07, 6.45) is 2.71. The molecule has 3 aromatic rings. The summed E-state index contributed by atoms with van der Waals surface area (Å²) < 4.78 is 29.3. The fourth-order valence-electron chi connectivity index (χ4n) is 2.69. The Kier molecular flexibility index (Phi) is 6.60. The molecule has 0 radical (unpaired) electrons. The summed E-state index contributed by atoms with van der Waals surface area (Å²) in [5.41, 5.74) is 1.00. The molecule has 0 amide bonds. The second-order valence-electron chi connectivity index (χ2n) is 6.20. The first-order valence-corrected chi connectivity index (χ1v) is 9.03. The zero-order chi connectivity index (χ0) is 21.5. The van der Waals surface area contributed by atoms with Crippen LogP contribution in [0.3, 0.4) is 0 Å². The van der Waals surface area contributed by atoms with E-state index in [0.29, 0.717) is 28.2 Å². The van der Waals surface area contributed by atoms with Gasteiger partial charge in [-0.3, -0.25) is 4.79 Å². The predicted molar refractivity (Wildman–Crippen MR) is 111 cm³/mol. The van der Waals surface area contributed by atoms with Crippen molar-refractivity contribution in [3.8, 4) is 17.2 Å². The molecule has 3 aromatic carbocycles. The molecule has 5 nitrogen and oxygen atoms in total. The highest BCUT2D eigenvalue weighted by atomic mass is 19.1. The minimum atomic E-state index is -0.575. The maximum absolute atomic E-state index is 13.6. The monoisotopic (exact) mass is 406 g/mol. The van der Waals surface area contributed by atoms with Crippen LogP contribution in [-0.4, -0.2) is 26.0 Å². The summed E-state index contributed by atoms with van der Waals surface area (Å²) in [5.74, 6) is -0.0798. The van der Waals surface area contributed by atoms with Gasteiger partial charge in [0.2, 0.25) is 0 Å². The highest BCUT2D eigenvalue weighted by Gasteiger charge is 2.13. The van der Waals surface area contributed by atoms with Crippen LogP contribution in [0, 0.1) is 5.82 Å². The van der Waals surface area contributed by atoms with E-state index in [1.165, 1.54) is 62.8 Å². The van der Waals surface area contributed by atoms with Crippen LogP contribution in [0.15, 0.2) is 72.8 Å². The molecular weight excluding hydrogens is 387 g/mol. The van der Waals surface area contributed by atoms with E-state index in [4.69, 9.17) is 14.2 Å². The van der Waals surface area contributed by atoms with Crippen LogP contribution in [0.1, 0.15) is 26.3 Å². The molecule has 3 rings (SSSR count). The number of carbonyl (C=O) groups excluding carboxylic acids is 2. The lowest BCUT2D eigenvalue weighted by atomic mass is 10.1. The van der Waals surface area contributed by atoms with E-state index in [2.05, 4.69) is 0 Å². The van der Waals surface area contributed by atoms with Crippen LogP contribution < -0.4 is 14.2 Å². The Bertz CT molecular complexity index is 1090. The molecule has 0 N–H and O–H groups in total. The van der Waals surface area contributed by atoms with Crippen LogP contribution in [0.2, 0.25) is 0 Å². The maximum atomic E-state index is 13.6. The van der Waals surface area contributed by atoms with Gasteiger partial charge in [-0.15, -0.1) is 0 Å². The standard InChI is InChI=1S/C24H19FO5/c1-28-22-14-10-18(15-23(22)29-2)24(27)30-19-11-7-17(8-12-19)21(26)13-9-16-5-3-4-6-20(16)25/h3-15H,1-2H3. The lowest BCUT2D eigenvalue weighted by molar-refractivity contribution is 0.0734. The van der Waals surface area contributed by atoms with Crippen molar-refractivity contribution in [2.75, 3.05) is 14.2 Å². The van der Waals surface area contributed by atoms with Crippen LogP contribution >= 0.6 is 0 Å². The quantitative estimate of drug-likeness (QED) is 0.240. The first-order valence-electron chi connectivity index (χ1n) is 9.03. The fraction of sp³-hybridized carbons (Fsp3) is 0.0833. The van der Waals surface area contributed by atoms with Crippen molar-refractivity contribution in [1.29, 1.82) is 0 Å². The Labute approximate surface area is 173 Å². The lowest BCUT2D eigenvalue weighted by Crippen LogP contribution is -2.09. The Morgan fingerprint density at radius 2 is 1.50 bits per heavy atom. The highest BCUT2D eigenvalue weighted by Crippen LogP contribution is 2.28. The fourth-order valence-corrected chi connectivity index (χ4v) is 2.69. The Hall–Kier alpha value is -3.93. The summed E-state index contributed by atoms with van der Waals surface area (Å²) in [6.45, 7) is 0. The number of allylic oxidation sites excluding steroid dienone is 1. The number of ether oxygens (including phenoxy) is 3. The number of methoxy groups -OCH3 is 2. The molecule has 0 saturated carbocycles. The van der Waals surface area contributed by atoms with E-state index in [1.807, 2.05) is 0 Å². The van der Waals surface area contributed by atoms with E-state index in [1.54, 1.807) is 30.3 Å². The van der Waals surface area contributed by atoms with Gasteiger partial charge in [0.15, 0.2) is 17.3 Å². The Morgan fingerprint density at radius 1 is 0.833 bits per heavy atom. The van der Waals surface area contributed by atoms with Gasteiger partial charge < -0.3 is 14.2 Å². The first-order chi connectivity index (χ1) is 14.5. The van der Waals surface area contributed by atoms with Crippen LogP contribution in [0.5, 0.6) is 17.2 Å². The molecule has 0 aliphatic rings. The van der Waals surface area contributed by atoms with Gasteiger partial charge in [0.05, 0.1) is 19.8 Å². The van der Waals surface area contributed by atoms with Crippen molar-refractivity contribution in [2.24, 2.45) is 0 Å². The number of hydrogen-bond acceptors (Lipinski definition) is 5. The number of hydrogen-bond donors (Lipinski definition) is 0. The van der Waals surface area contributed by atoms with Crippen LogP contribution in [0.25, 0.3) is 6.08 Å². The minimum Gasteiger partial charge on any atom is -0.493 e. The van der Waals surface area contributed by atoms with Crippen LogP contribution in [-0.2, 0) is 0 Å². The summed E-state index contributed by atoms with van der Waals surface area (Å²) in [5, 5.41) is 0. The number of benzene rings is 3. The topological polar surface area (TPSA) is 61.8 Å². The molecule has 0 fully saturated rings. The SMILES string of the molecule is COc1ccc(C(=O)Oc2ccc(C(=O)C=Cc3ccccc3F)cc2)cc1OC. The Morgan fingerprint density at radius 3 is 2.17 bits per heavy atom. The van der Waals surface area contributed by atoms with Gasteiger partial charge in [0, 0.05) is 11.1 Å². The van der Waals surface area contributed by atoms with Gasteiger partial charge in [-0.1, -0.05) is 18.2 Å². The third-order valence-electron chi connectivity index (χ3n) is 4.29. The first kappa shape index (κ1) is 20.8. The predicted octanol–water partition coefficient (Wildman–Crippen LogP) is 4.96. The number of rotatable bonds is 7. The third-order valence-corrected chi connectivity index (χ3v) is 4.29. The largest absolute Gasteiger partial charge is 0.493 e. The van der Waals surface area contributed by atoms with E-state index >= 15 is 0 Å². The molecule has 30 heavy (non-hydrogen) atoms. The molecule has 0 spiro atoms. The van der Waals surface area contributed by atoms with Crippen LogP contribution in [0.4, 0.5) is 4.39 Å². The van der Waals surface area contributed by atoms with E-state index in [-0.39, 0.29) is 11.5 Å². The van der Waals surface area contributed by atoms with E-state index in [0.717, 1.165) is 0 Å². The summed E-state index contributed by atoms with van der Waals surface area (Å²) in [7, 11) is 2.98. The molecular formula is C24H19FO5. The van der Waals surface area contributed by atoms with E-state index < -0.39 is 11.8 Å². The van der Waals surface area contributed by atoms with Crippen molar-refractivity contribution in [1.82, 2.24) is 0 Å². The zero-order valence-corrected chi connectivity index (χ0v) is 16.4. The minimum absolute atomic E-state index is 0.282. The summed E-state index contributed by atoms with van der Waals surface area (Å²) in [6, 6.07) is 17.0. The maximum Gasteiger partial charge on any atom is 0.343 e. The van der Waals surface area contributed by atoms with Crippen molar-refractivity contribution >= 4 is 17.8 Å². The Balaban J connectivity index is 1.67. The van der Waals surface area contributed by atoms with Gasteiger partial charge >= 0.3 is 5.97 Å². The number of esters is 1. The molecule has 0 aliphatic carbocycles. The van der Waals surface area contributed by atoms with E-state index in [9.17, 15) is 14.0 Å². The van der Waals surface area contributed by atoms with Crippen molar-refractivity contribution in [2.45, 2.75) is 0 Å². The number of ketones is 1. The third kappa shape index (κ3) is 4.91. The van der Waals surface area contributed by atoms with Crippen molar-refractivity contribution in [3.05, 3.63) is 95.3 Å². The average molecular weight is 406 g/mol. The molecule has 0 heterocycles. The molecule has 0 atom stereocenters. The molecule has 152 valence electrons. The lowest BCUT2D eigenvalue weighted by Gasteiger charge is -2.09. The highest BCUT2D eigenvalue weighted by molar-refractivity contribution is 6.06. The normalized spacial score (nSPS) is 10.6. The van der Waals surface area contributed by atoms with Gasteiger partial charge in [-0.2, -0.15) is 0 Å². The average Bonchev–Trinajstić information content (AvgIpc) is 2.78. The second kappa shape index (κ2) is 9.52.